The van der Waals surface area contributed by atoms with Crippen molar-refractivity contribution in [3.05, 3.63) is 58.3 Å². The Kier molecular flexibility index (Phi) is 3.51. The lowest BCUT2D eigenvalue weighted by atomic mass is 9.99. The number of hydrogen-bond donors (Lipinski definition) is 1. The molecule has 21 heavy (non-hydrogen) atoms. The van der Waals surface area contributed by atoms with Crippen molar-refractivity contribution >= 4 is 21.8 Å². The van der Waals surface area contributed by atoms with Crippen LogP contribution >= 0.6 is 15.9 Å². The molecule has 0 unspecified atom stereocenters. The number of aryl methyl sites for hydroxylation is 1. The van der Waals surface area contributed by atoms with Crippen LogP contribution in [0.3, 0.4) is 0 Å². The lowest BCUT2D eigenvalue weighted by Crippen LogP contribution is -1.90. The zero-order chi connectivity index (χ0) is 15.0. The Hall–Kier alpha value is -2.14. The van der Waals surface area contributed by atoms with E-state index in [9.17, 15) is 4.39 Å². The highest BCUT2D eigenvalue weighted by molar-refractivity contribution is 9.10. The molecule has 0 aliphatic heterocycles. The van der Waals surface area contributed by atoms with E-state index in [1.807, 2.05) is 31.2 Å². The molecule has 0 saturated heterocycles. The van der Waals surface area contributed by atoms with Crippen LogP contribution in [0.25, 0.3) is 22.4 Å². The molecule has 0 saturated carbocycles. The lowest BCUT2D eigenvalue weighted by molar-refractivity contribution is 0.439. The van der Waals surface area contributed by atoms with Crippen LogP contribution in [-0.2, 0) is 0 Å². The van der Waals surface area contributed by atoms with Gasteiger partial charge in [-0.3, -0.25) is 0 Å². The van der Waals surface area contributed by atoms with Crippen molar-refractivity contribution in [2.45, 2.75) is 6.92 Å². The van der Waals surface area contributed by atoms with Gasteiger partial charge >= 0.3 is 0 Å². The van der Waals surface area contributed by atoms with Gasteiger partial charge in [-0.15, -0.1) is 0 Å². The van der Waals surface area contributed by atoms with E-state index >= 15 is 0 Å². The zero-order valence-corrected chi connectivity index (χ0v) is 12.8. The SMILES string of the molecule is Cc1cccc(-c2c(-c3cccc(F)c3Br)noc2N)c1. The van der Waals surface area contributed by atoms with Crippen molar-refractivity contribution in [2.75, 3.05) is 5.73 Å². The largest absolute Gasteiger partial charge is 0.367 e. The molecule has 2 N–H and O–H groups in total. The van der Waals surface area contributed by atoms with E-state index in [4.69, 9.17) is 10.3 Å². The summed E-state index contributed by atoms with van der Waals surface area (Å²) in [5.41, 5.74) is 9.69. The topological polar surface area (TPSA) is 52.0 Å². The predicted molar refractivity (Wildman–Crippen MR) is 84.2 cm³/mol. The maximum Gasteiger partial charge on any atom is 0.230 e. The molecule has 0 fully saturated rings. The van der Waals surface area contributed by atoms with Gasteiger partial charge in [0.05, 0.1) is 10.0 Å². The number of aromatic nitrogens is 1. The molecule has 2 aromatic carbocycles. The summed E-state index contributed by atoms with van der Waals surface area (Å²) in [6, 6.07) is 12.6. The molecule has 106 valence electrons. The van der Waals surface area contributed by atoms with Crippen LogP contribution < -0.4 is 5.73 Å². The second-order valence-electron chi connectivity index (χ2n) is 4.74. The van der Waals surface area contributed by atoms with Crippen LogP contribution in [-0.4, -0.2) is 5.16 Å². The minimum Gasteiger partial charge on any atom is -0.367 e. The molecule has 3 rings (SSSR count). The number of nitrogens with zero attached hydrogens (tertiary/aromatic N) is 1. The van der Waals surface area contributed by atoms with E-state index in [0.29, 0.717) is 21.3 Å². The highest BCUT2D eigenvalue weighted by Gasteiger charge is 2.20. The van der Waals surface area contributed by atoms with Crippen molar-refractivity contribution in [1.29, 1.82) is 0 Å². The molecule has 0 amide bonds. The Morgan fingerprint density at radius 1 is 1.19 bits per heavy atom. The van der Waals surface area contributed by atoms with Crippen LogP contribution in [0.5, 0.6) is 0 Å². The maximum absolute atomic E-state index is 13.7. The Morgan fingerprint density at radius 3 is 2.71 bits per heavy atom. The first kappa shape index (κ1) is 13.8. The summed E-state index contributed by atoms with van der Waals surface area (Å²) < 4.78 is 19.2. The van der Waals surface area contributed by atoms with Gasteiger partial charge in [-0.05, 0) is 34.5 Å². The Bertz CT molecular complexity index is 814. The summed E-state index contributed by atoms with van der Waals surface area (Å²) in [5.74, 6) is -0.143. The van der Waals surface area contributed by atoms with Crippen molar-refractivity contribution < 1.29 is 8.91 Å². The van der Waals surface area contributed by atoms with Crippen molar-refractivity contribution in [1.82, 2.24) is 5.16 Å². The smallest absolute Gasteiger partial charge is 0.230 e. The molecule has 3 aromatic rings. The first-order valence-corrected chi connectivity index (χ1v) is 7.14. The molecular weight excluding hydrogens is 335 g/mol. The number of nitrogens with two attached hydrogens (primary N) is 1. The molecule has 1 heterocycles. The third-order valence-corrected chi connectivity index (χ3v) is 4.04. The minimum absolute atomic E-state index is 0.215. The summed E-state index contributed by atoms with van der Waals surface area (Å²) >= 11 is 3.25. The maximum atomic E-state index is 13.7. The highest BCUT2D eigenvalue weighted by atomic mass is 79.9. The van der Waals surface area contributed by atoms with Gasteiger partial charge < -0.3 is 10.3 Å². The van der Waals surface area contributed by atoms with E-state index in [2.05, 4.69) is 21.1 Å². The number of hydrogen-bond acceptors (Lipinski definition) is 3. The first-order valence-electron chi connectivity index (χ1n) is 6.34. The molecule has 0 radical (unpaired) electrons. The molecule has 1 aromatic heterocycles. The number of nitrogen functional groups attached to an aromatic ring is 1. The third-order valence-electron chi connectivity index (χ3n) is 3.23. The Balaban J connectivity index is 2.24. The summed E-state index contributed by atoms with van der Waals surface area (Å²) in [6.07, 6.45) is 0. The van der Waals surface area contributed by atoms with Gasteiger partial charge in [0.1, 0.15) is 11.5 Å². The molecule has 0 aliphatic rings. The average molecular weight is 347 g/mol. The van der Waals surface area contributed by atoms with E-state index < -0.39 is 0 Å². The summed E-state index contributed by atoms with van der Waals surface area (Å²) in [4.78, 5) is 0. The number of anilines is 1. The number of benzene rings is 2. The van der Waals surface area contributed by atoms with E-state index in [1.54, 1.807) is 12.1 Å². The van der Waals surface area contributed by atoms with Gasteiger partial charge in [-0.1, -0.05) is 47.1 Å². The molecule has 0 aliphatic carbocycles. The van der Waals surface area contributed by atoms with Crippen LogP contribution in [0.1, 0.15) is 5.56 Å². The van der Waals surface area contributed by atoms with E-state index in [1.165, 1.54) is 6.07 Å². The van der Waals surface area contributed by atoms with Gasteiger partial charge in [0.2, 0.25) is 5.88 Å². The van der Waals surface area contributed by atoms with Gasteiger partial charge in [-0.25, -0.2) is 4.39 Å². The summed E-state index contributed by atoms with van der Waals surface area (Å²) in [7, 11) is 0. The van der Waals surface area contributed by atoms with Gasteiger partial charge in [0.15, 0.2) is 0 Å². The van der Waals surface area contributed by atoms with E-state index in [-0.39, 0.29) is 11.7 Å². The first-order chi connectivity index (χ1) is 10.1. The monoisotopic (exact) mass is 346 g/mol. The van der Waals surface area contributed by atoms with Crippen LogP contribution in [0, 0.1) is 12.7 Å². The molecule has 5 heteroatoms. The molecule has 3 nitrogen and oxygen atoms in total. The summed E-state index contributed by atoms with van der Waals surface area (Å²) in [6.45, 7) is 1.99. The van der Waals surface area contributed by atoms with E-state index in [0.717, 1.165) is 11.1 Å². The van der Waals surface area contributed by atoms with Gasteiger partial charge in [0.25, 0.3) is 0 Å². The van der Waals surface area contributed by atoms with Gasteiger partial charge in [0, 0.05) is 5.56 Å². The Morgan fingerprint density at radius 2 is 1.95 bits per heavy atom. The normalized spacial score (nSPS) is 10.8. The minimum atomic E-state index is -0.357. The fraction of sp³-hybridized carbons (Fsp3) is 0.0625. The fourth-order valence-corrected chi connectivity index (χ4v) is 2.70. The Labute approximate surface area is 129 Å². The number of rotatable bonds is 2. The fourth-order valence-electron chi connectivity index (χ4n) is 2.25. The van der Waals surface area contributed by atoms with Crippen LogP contribution in [0.4, 0.5) is 10.3 Å². The van der Waals surface area contributed by atoms with Crippen molar-refractivity contribution in [2.24, 2.45) is 0 Å². The second-order valence-corrected chi connectivity index (χ2v) is 5.53. The van der Waals surface area contributed by atoms with Crippen molar-refractivity contribution in [3.63, 3.8) is 0 Å². The lowest BCUT2D eigenvalue weighted by Gasteiger charge is -2.06. The molecule has 0 spiro atoms. The number of halogens is 2. The van der Waals surface area contributed by atoms with Crippen LogP contribution in [0.15, 0.2) is 51.5 Å². The average Bonchev–Trinajstić information content (AvgIpc) is 2.83. The predicted octanol–water partition coefficient (Wildman–Crippen LogP) is 4.80. The standard InChI is InChI=1S/C16H12BrFN2O/c1-9-4-2-5-10(8-9)13-15(20-21-16(13)19)11-6-3-7-12(18)14(11)17/h2-8H,19H2,1H3. The molecule has 0 atom stereocenters. The highest BCUT2D eigenvalue weighted by Crippen LogP contribution is 2.39. The molecular formula is C16H12BrFN2O. The van der Waals surface area contributed by atoms with Crippen molar-refractivity contribution in [3.8, 4) is 22.4 Å². The van der Waals surface area contributed by atoms with Gasteiger partial charge in [-0.2, -0.15) is 0 Å². The van der Waals surface area contributed by atoms with Crippen LogP contribution in [0.2, 0.25) is 0 Å². The third kappa shape index (κ3) is 2.45. The quantitative estimate of drug-likeness (QED) is 0.724. The summed E-state index contributed by atoms with van der Waals surface area (Å²) in [5, 5.41) is 4.00. The second kappa shape index (κ2) is 5.33. The zero-order valence-electron chi connectivity index (χ0n) is 11.2. The molecule has 0 bridgehead atoms.